The summed E-state index contributed by atoms with van der Waals surface area (Å²) in [6, 6.07) is 7.17. The van der Waals surface area contributed by atoms with Crippen LogP contribution in [0.3, 0.4) is 0 Å². The summed E-state index contributed by atoms with van der Waals surface area (Å²) in [6.07, 6.45) is 0. The van der Waals surface area contributed by atoms with Crippen LogP contribution in [0.5, 0.6) is 0 Å². The molecular weight excluding hydrogens is 265 g/mol. The van der Waals surface area contributed by atoms with E-state index in [4.69, 9.17) is 28.9 Å². The Morgan fingerprint density at radius 1 is 1.31 bits per heavy atom. The molecule has 2 aromatic heterocycles. The predicted molar refractivity (Wildman–Crippen MR) is 70.3 cm³/mol. The van der Waals surface area contributed by atoms with Gasteiger partial charge in [0.15, 0.2) is 0 Å². The molecule has 0 unspecified atom stereocenters. The fourth-order valence-corrected chi connectivity index (χ4v) is 2.48. The van der Waals surface area contributed by atoms with Crippen molar-refractivity contribution in [2.45, 2.75) is 6.54 Å². The minimum atomic E-state index is 0.381. The molecule has 0 aliphatic heterocycles. The topological polar surface area (TPSA) is 50.9 Å². The zero-order chi connectivity index (χ0) is 11.5. The molecule has 0 aromatic carbocycles. The maximum Gasteiger partial charge on any atom is 0.133 e. The summed E-state index contributed by atoms with van der Waals surface area (Å²) in [7, 11) is 0. The van der Waals surface area contributed by atoms with Crippen LogP contribution in [0.2, 0.25) is 9.49 Å². The number of halogens is 2. The first-order valence-electron chi connectivity index (χ1n) is 4.54. The molecule has 0 bridgehead atoms. The Balaban J connectivity index is 2.04. The lowest BCUT2D eigenvalue weighted by atomic mass is 10.4. The number of nitrogens with one attached hydrogen (secondary N) is 1. The van der Waals surface area contributed by atoms with Gasteiger partial charge in [-0.1, -0.05) is 23.2 Å². The highest BCUT2D eigenvalue weighted by molar-refractivity contribution is 7.16. The first kappa shape index (κ1) is 11.5. The fraction of sp³-hybridized carbons (Fsp3) is 0.100. The van der Waals surface area contributed by atoms with Crippen molar-refractivity contribution in [1.29, 1.82) is 0 Å². The molecule has 0 saturated heterocycles. The van der Waals surface area contributed by atoms with Gasteiger partial charge in [0.1, 0.15) is 11.0 Å². The Labute approximate surface area is 107 Å². The number of nitrogens with zero attached hydrogens (tertiary/aromatic N) is 1. The van der Waals surface area contributed by atoms with Crippen molar-refractivity contribution in [1.82, 2.24) is 4.98 Å². The van der Waals surface area contributed by atoms with E-state index in [1.807, 2.05) is 12.1 Å². The summed E-state index contributed by atoms with van der Waals surface area (Å²) < 4.78 is 0.773. The van der Waals surface area contributed by atoms with Crippen molar-refractivity contribution in [3.05, 3.63) is 38.6 Å². The van der Waals surface area contributed by atoms with Gasteiger partial charge in [-0.25, -0.2) is 4.98 Å². The number of nitrogen functional groups attached to an aromatic ring is 1. The Kier molecular flexibility index (Phi) is 3.53. The molecule has 0 radical (unpaired) electrons. The van der Waals surface area contributed by atoms with Gasteiger partial charge in [0.25, 0.3) is 0 Å². The van der Waals surface area contributed by atoms with E-state index in [0.717, 1.165) is 9.21 Å². The quantitative estimate of drug-likeness (QED) is 0.840. The van der Waals surface area contributed by atoms with Gasteiger partial charge in [0.2, 0.25) is 0 Å². The smallest absolute Gasteiger partial charge is 0.133 e. The van der Waals surface area contributed by atoms with Gasteiger partial charge in [-0.3, -0.25) is 0 Å². The van der Waals surface area contributed by atoms with E-state index >= 15 is 0 Å². The second-order valence-electron chi connectivity index (χ2n) is 3.17. The molecule has 0 fully saturated rings. The number of hydrogen-bond donors (Lipinski definition) is 2. The van der Waals surface area contributed by atoms with Crippen LogP contribution in [-0.2, 0) is 6.54 Å². The van der Waals surface area contributed by atoms with Crippen molar-refractivity contribution in [2.75, 3.05) is 11.1 Å². The SMILES string of the molecule is Nc1cc(Cl)nc(NCc2ccc(Cl)s2)c1. The van der Waals surface area contributed by atoms with Crippen LogP contribution in [0, 0.1) is 0 Å². The minimum absolute atomic E-state index is 0.381. The van der Waals surface area contributed by atoms with Gasteiger partial charge < -0.3 is 11.1 Å². The van der Waals surface area contributed by atoms with E-state index < -0.39 is 0 Å². The number of anilines is 2. The Morgan fingerprint density at radius 3 is 2.75 bits per heavy atom. The molecule has 3 nitrogen and oxygen atoms in total. The normalized spacial score (nSPS) is 10.4. The van der Waals surface area contributed by atoms with Crippen LogP contribution < -0.4 is 11.1 Å². The van der Waals surface area contributed by atoms with E-state index in [1.54, 1.807) is 12.1 Å². The first-order chi connectivity index (χ1) is 7.63. The molecule has 0 spiro atoms. The van der Waals surface area contributed by atoms with Gasteiger partial charge in [0.05, 0.1) is 10.9 Å². The highest BCUT2D eigenvalue weighted by atomic mass is 35.5. The second-order valence-corrected chi connectivity index (χ2v) is 5.35. The number of rotatable bonds is 3. The number of nitrogens with two attached hydrogens (primary N) is 1. The third kappa shape index (κ3) is 3.01. The number of thiophene rings is 1. The molecule has 0 aliphatic rings. The van der Waals surface area contributed by atoms with Crippen molar-refractivity contribution < 1.29 is 0 Å². The van der Waals surface area contributed by atoms with Gasteiger partial charge in [-0.15, -0.1) is 11.3 Å². The van der Waals surface area contributed by atoms with Crippen molar-refractivity contribution in [3.8, 4) is 0 Å². The molecule has 2 aromatic rings. The van der Waals surface area contributed by atoms with Crippen LogP contribution in [0.1, 0.15) is 4.88 Å². The first-order valence-corrected chi connectivity index (χ1v) is 6.12. The molecule has 2 rings (SSSR count). The van der Waals surface area contributed by atoms with Crippen LogP contribution in [0.25, 0.3) is 0 Å². The molecule has 0 amide bonds. The molecular formula is C10H9Cl2N3S. The lowest BCUT2D eigenvalue weighted by Crippen LogP contribution is -2.00. The van der Waals surface area contributed by atoms with E-state index in [0.29, 0.717) is 23.2 Å². The van der Waals surface area contributed by atoms with E-state index in [9.17, 15) is 0 Å². The van der Waals surface area contributed by atoms with Crippen LogP contribution in [0.15, 0.2) is 24.3 Å². The Morgan fingerprint density at radius 2 is 2.12 bits per heavy atom. The number of aromatic nitrogens is 1. The predicted octanol–water partition coefficient (Wildman–Crippen LogP) is 3.64. The van der Waals surface area contributed by atoms with Gasteiger partial charge >= 0.3 is 0 Å². The highest BCUT2D eigenvalue weighted by Gasteiger charge is 2.01. The largest absolute Gasteiger partial charge is 0.399 e. The maximum absolute atomic E-state index is 5.83. The molecule has 2 heterocycles. The molecule has 16 heavy (non-hydrogen) atoms. The standard InChI is InChI=1S/C10H9Cl2N3S/c11-8-3-6(13)4-10(15-8)14-5-7-1-2-9(12)16-7/h1-4H,5H2,(H3,13,14,15). The number of pyridine rings is 1. The zero-order valence-corrected chi connectivity index (χ0v) is 10.5. The molecule has 0 atom stereocenters. The lowest BCUT2D eigenvalue weighted by molar-refractivity contribution is 1.14. The average Bonchev–Trinajstić information content (AvgIpc) is 2.60. The van der Waals surface area contributed by atoms with E-state index in [1.165, 1.54) is 11.3 Å². The van der Waals surface area contributed by atoms with Crippen molar-refractivity contribution in [3.63, 3.8) is 0 Å². The van der Waals surface area contributed by atoms with Gasteiger partial charge in [-0.05, 0) is 18.2 Å². The Hall–Kier alpha value is -0.970. The molecule has 84 valence electrons. The monoisotopic (exact) mass is 273 g/mol. The molecule has 3 N–H and O–H groups in total. The summed E-state index contributed by atoms with van der Waals surface area (Å²) in [6.45, 7) is 0.657. The third-order valence-electron chi connectivity index (χ3n) is 1.89. The minimum Gasteiger partial charge on any atom is -0.399 e. The van der Waals surface area contributed by atoms with Crippen molar-refractivity contribution in [2.24, 2.45) is 0 Å². The van der Waals surface area contributed by atoms with Crippen LogP contribution >= 0.6 is 34.5 Å². The molecule has 0 aliphatic carbocycles. The van der Waals surface area contributed by atoms with Crippen LogP contribution in [0.4, 0.5) is 11.5 Å². The molecule has 0 saturated carbocycles. The lowest BCUT2D eigenvalue weighted by Gasteiger charge is -2.05. The highest BCUT2D eigenvalue weighted by Crippen LogP contribution is 2.22. The fourth-order valence-electron chi connectivity index (χ4n) is 1.23. The van der Waals surface area contributed by atoms with Gasteiger partial charge in [-0.2, -0.15) is 0 Å². The Bertz CT molecular complexity index is 478. The summed E-state index contributed by atoms with van der Waals surface area (Å²) in [5.41, 5.74) is 6.24. The summed E-state index contributed by atoms with van der Waals surface area (Å²) in [5.74, 6) is 0.662. The van der Waals surface area contributed by atoms with E-state index in [2.05, 4.69) is 10.3 Å². The van der Waals surface area contributed by atoms with Gasteiger partial charge in [0, 0.05) is 16.6 Å². The third-order valence-corrected chi connectivity index (χ3v) is 3.31. The average molecular weight is 274 g/mol. The zero-order valence-electron chi connectivity index (χ0n) is 8.21. The summed E-state index contributed by atoms with van der Waals surface area (Å²) in [5, 5.41) is 3.51. The second kappa shape index (κ2) is 4.91. The molecule has 6 heteroatoms. The van der Waals surface area contributed by atoms with E-state index in [-0.39, 0.29) is 0 Å². The van der Waals surface area contributed by atoms with Crippen LogP contribution in [-0.4, -0.2) is 4.98 Å². The summed E-state index contributed by atoms with van der Waals surface area (Å²) in [4.78, 5) is 5.23. The van der Waals surface area contributed by atoms with Crippen molar-refractivity contribution >= 4 is 46.0 Å². The summed E-state index contributed by atoms with van der Waals surface area (Å²) >= 11 is 13.1. The number of hydrogen-bond acceptors (Lipinski definition) is 4. The maximum atomic E-state index is 5.83.